The van der Waals surface area contributed by atoms with Gasteiger partial charge in [0.1, 0.15) is 23.4 Å². The topological polar surface area (TPSA) is 147 Å². The molecule has 1 unspecified atom stereocenters. The number of nitrogens with zero attached hydrogens (tertiary/aromatic N) is 6. The predicted molar refractivity (Wildman–Crippen MR) is 190 cm³/mol. The lowest BCUT2D eigenvalue weighted by atomic mass is 9.97. The van der Waals surface area contributed by atoms with Crippen LogP contribution >= 0.6 is 0 Å². The first-order valence-corrected chi connectivity index (χ1v) is 16.6. The SMILES string of the molecule is COc1cc(-c2cn(C)c(=O)c3cnc(N(C)C)cc23)cc(OC)c1CN1CC(N(C)c2ccc3c(c2)C(=O)N(C2CCC(=O)NC2=O)C3=O)C1. The average molecular weight is 694 g/mol. The largest absolute Gasteiger partial charge is 0.496 e. The van der Waals surface area contributed by atoms with Gasteiger partial charge >= 0.3 is 0 Å². The van der Waals surface area contributed by atoms with Crippen LogP contribution in [0.5, 0.6) is 11.5 Å². The molecule has 2 aromatic heterocycles. The maximum absolute atomic E-state index is 13.4. The van der Waals surface area contributed by atoms with Crippen LogP contribution in [0.15, 0.2) is 53.6 Å². The van der Waals surface area contributed by atoms with Crippen LogP contribution in [-0.2, 0) is 23.2 Å². The first kappa shape index (κ1) is 33.7. The lowest BCUT2D eigenvalue weighted by Crippen LogP contribution is -2.58. The van der Waals surface area contributed by atoms with Crippen LogP contribution in [0.4, 0.5) is 11.5 Å². The summed E-state index contributed by atoms with van der Waals surface area (Å²) in [5.74, 6) is -0.0431. The van der Waals surface area contributed by atoms with Gasteiger partial charge in [0.2, 0.25) is 11.8 Å². The number of likely N-dealkylation sites (N-methyl/N-ethyl adjacent to an activating group) is 1. The van der Waals surface area contributed by atoms with Gasteiger partial charge in [-0.15, -0.1) is 0 Å². The number of piperidine rings is 1. The van der Waals surface area contributed by atoms with E-state index in [1.165, 1.54) is 0 Å². The van der Waals surface area contributed by atoms with E-state index in [1.54, 1.807) is 44.2 Å². The number of benzene rings is 2. The molecule has 0 aliphatic carbocycles. The van der Waals surface area contributed by atoms with Crippen LogP contribution in [0.3, 0.4) is 0 Å². The monoisotopic (exact) mass is 693 g/mol. The van der Waals surface area contributed by atoms with E-state index >= 15 is 0 Å². The molecular weight excluding hydrogens is 654 g/mol. The summed E-state index contributed by atoms with van der Waals surface area (Å²) >= 11 is 0. The second-order valence-electron chi connectivity index (χ2n) is 13.4. The Morgan fingerprint density at radius 2 is 1.57 bits per heavy atom. The number of methoxy groups -OCH3 is 2. The van der Waals surface area contributed by atoms with Gasteiger partial charge in [0.15, 0.2) is 0 Å². The molecule has 4 amide bonds. The van der Waals surface area contributed by atoms with E-state index in [2.05, 4.69) is 20.1 Å². The Kier molecular flexibility index (Phi) is 8.50. The van der Waals surface area contributed by atoms with Crippen molar-refractivity contribution in [2.45, 2.75) is 31.5 Å². The smallest absolute Gasteiger partial charge is 0.262 e. The molecule has 2 saturated heterocycles. The molecule has 4 aromatic rings. The van der Waals surface area contributed by atoms with Crippen molar-refractivity contribution in [3.63, 3.8) is 0 Å². The fraction of sp³-hybridized carbons (Fsp3) is 0.351. The van der Waals surface area contributed by atoms with Crippen molar-refractivity contribution in [3.05, 3.63) is 75.8 Å². The molecule has 7 rings (SSSR count). The van der Waals surface area contributed by atoms with Crippen molar-refractivity contribution in [2.24, 2.45) is 7.05 Å². The number of carbonyl (C=O) groups is 4. The number of anilines is 2. The van der Waals surface area contributed by atoms with E-state index in [1.807, 2.05) is 56.5 Å². The van der Waals surface area contributed by atoms with Gasteiger partial charge in [0.05, 0.1) is 42.3 Å². The summed E-state index contributed by atoms with van der Waals surface area (Å²) in [5, 5.41) is 3.53. The average Bonchev–Trinajstić information content (AvgIpc) is 3.35. The minimum absolute atomic E-state index is 0.0694. The Hall–Kier alpha value is -5.76. The minimum Gasteiger partial charge on any atom is -0.496 e. The van der Waals surface area contributed by atoms with Gasteiger partial charge in [-0.1, -0.05) is 0 Å². The van der Waals surface area contributed by atoms with Crippen LogP contribution in [0.1, 0.15) is 39.1 Å². The van der Waals surface area contributed by atoms with Gasteiger partial charge in [-0.05, 0) is 48.4 Å². The number of aromatic nitrogens is 2. The number of imide groups is 2. The molecule has 3 aliphatic heterocycles. The molecule has 51 heavy (non-hydrogen) atoms. The minimum atomic E-state index is -1.01. The third kappa shape index (κ3) is 5.74. The van der Waals surface area contributed by atoms with Gasteiger partial charge < -0.3 is 23.8 Å². The fourth-order valence-electron chi connectivity index (χ4n) is 7.15. The van der Waals surface area contributed by atoms with Crippen molar-refractivity contribution >= 4 is 45.9 Å². The van der Waals surface area contributed by atoms with E-state index in [0.29, 0.717) is 23.4 Å². The van der Waals surface area contributed by atoms with E-state index < -0.39 is 29.7 Å². The molecule has 2 fully saturated rings. The number of aryl methyl sites for hydroxylation is 1. The van der Waals surface area contributed by atoms with Crippen LogP contribution < -0.4 is 30.1 Å². The zero-order valence-corrected chi connectivity index (χ0v) is 29.4. The predicted octanol–water partition coefficient (Wildman–Crippen LogP) is 2.41. The maximum Gasteiger partial charge on any atom is 0.262 e. The van der Waals surface area contributed by atoms with E-state index in [9.17, 15) is 24.0 Å². The van der Waals surface area contributed by atoms with Crippen molar-refractivity contribution in [3.8, 4) is 22.6 Å². The second kappa shape index (κ2) is 12.8. The molecule has 5 heterocycles. The number of fused-ring (bicyclic) bond motifs is 2. The highest BCUT2D eigenvalue weighted by Crippen LogP contribution is 2.39. The highest BCUT2D eigenvalue weighted by molar-refractivity contribution is 6.23. The Balaban J connectivity index is 1.09. The summed E-state index contributed by atoms with van der Waals surface area (Å²) in [6, 6.07) is 10.1. The van der Waals surface area contributed by atoms with Crippen LogP contribution in [0.2, 0.25) is 0 Å². The van der Waals surface area contributed by atoms with Crippen LogP contribution in [0.25, 0.3) is 21.9 Å². The van der Waals surface area contributed by atoms with Gasteiger partial charge in [-0.25, -0.2) is 4.98 Å². The van der Waals surface area contributed by atoms with Crippen molar-refractivity contribution in [1.29, 1.82) is 0 Å². The van der Waals surface area contributed by atoms with Gasteiger partial charge in [-0.2, -0.15) is 0 Å². The number of carbonyl (C=O) groups excluding carboxylic acids is 4. The summed E-state index contributed by atoms with van der Waals surface area (Å²) in [5.41, 5.74) is 3.73. The Morgan fingerprint density at radius 1 is 0.882 bits per heavy atom. The Labute approximate surface area is 294 Å². The molecule has 0 radical (unpaired) electrons. The summed E-state index contributed by atoms with van der Waals surface area (Å²) in [7, 11) is 10.7. The fourth-order valence-corrected chi connectivity index (χ4v) is 7.15. The highest BCUT2D eigenvalue weighted by atomic mass is 16.5. The summed E-state index contributed by atoms with van der Waals surface area (Å²) in [6.45, 7) is 2.02. The molecule has 1 atom stereocenters. The zero-order chi connectivity index (χ0) is 36.3. The molecule has 14 heteroatoms. The maximum atomic E-state index is 13.4. The number of hydrogen-bond acceptors (Lipinski definition) is 11. The van der Waals surface area contributed by atoms with Crippen molar-refractivity contribution in [2.75, 3.05) is 58.3 Å². The normalized spacial score (nSPS) is 17.8. The number of rotatable bonds is 9. The quantitative estimate of drug-likeness (QED) is 0.258. The van der Waals surface area contributed by atoms with Crippen LogP contribution in [0, 0.1) is 0 Å². The lowest BCUT2D eigenvalue weighted by molar-refractivity contribution is -0.136. The van der Waals surface area contributed by atoms with Gasteiger partial charge in [-0.3, -0.25) is 39.1 Å². The summed E-state index contributed by atoms with van der Waals surface area (Å²) < 4.78 is 13.4. The number of hydrogen-bond donors (Lipinski definition) is 1. The number of likely N-dealkylation sites (tertiary alicyclic amines) is 1. The summed E-state index contributed by atoms with van der Waals surface area (Å²) in [4.78, 5) is 75.2. The Morgan fingerprint density at radius 3 is 2.22 bits per heavy atom. The summed E-state index contributed by atoms with van der Waals surface area (Å²) in [6.07, 6.45) is 3.62. The molecule has 0 saturated carbocycles. The first-order chi connectivity index (χ1) is 24.4. The molecule has 0 spiro atoms. The number of ether oxygens (including phenoxy) is 2. The first-order valence-electron chi connectivity index (χ1n) is 16.6. The Bertz CT molecular complexity index is 2170. The van der Waals surface area contributed by atoms with E-state index in [4.69, 9.17) is 9.47 Å². The van der Waals surface area contributed by atoms with Crippen molar-refractivity contribution in [1.82, 2.24) is 24.7 Å². The third-order valence-corrected chi connectivity index (χ3v) is 10.1. The molecule has 2 aromatic carbocycles. The molecule has 1 N–H and O–H groups in total. The molecule has 3 aliphatic rings. The molecular formula is C37H39N7O7. The number of pyridine rings is 2. The van der Waals surface area contributed by atoms with E-state index in [0.717, 1.165) is 51.6 Å². The number of amides is 4. The molecule has 14 nitrogen and oxygen atoms in total. The van der Waals surface area contributed by atoms with Crippen molar-refractivity contribution < 1.29 is 28.7 Å². The second-order valence-corrected chi connectivity index (χ2v) is 13.4. The van der Waals surface area contributed by atoms with E-state index in [-0.39, 0.29) is 35.6 Å². The third-order valence-electron chi connectivity index (χ3n) is 10.1. The molecule has 0 bridgehead atoms. The highest BCUT2D eigenvalue weighted by Gasteiger charge is 2.45. The van der Waals surface area contributed by atoms with Gasteiger partial charge in [0, 0.05) is 83.3 Å². The van der Waals surface area contributed by atoms with Gasteiger partial charge in [0.25, 0.3) is 17.4 Å². The zero-order valence-electron chi connectivity index (χ0n) is 29.4. The van der Waals surface area contributed by atoms with Crippen LogP contribution in [-0.4, -0.2) is 104 Å². The lowest BCUT2D eigenvalue weighted by Gasteiger charge is -2.45. The molecule has 264 valence electrons. The number of nitrogens with one attached hydrogen (secondary N) is 1. The standard InChI is InChI=1S/C37H39N7O7/c1-40(2)32-14-24-26(15-38-32)35(47)41(3)18-27(24)20-11-30(50-5)28(31(12-20)51-6)19-43-16-22(17-43)42(4)21-7-8-23-25(13-21)37(49)44(36(23)48)29-9-10-33(45)39-34(29)46/h7-8,11-15,18,22,29H,9-10,16-17,19H2,1-6H3,(H,39,45,46).